The van der Waals surface area contributed by atoms with Crippen molar-refractivity contribution < 1.29 is 34.1 Å². The fraction of sp³-hybridized carbons (Fsp3) is 0.538. The molecule has 112 valence electrons. The maximum atomic E-state index is 12.4. The Hall–Kier alpha value is -2.22. The molecule has 1 aliphatic carbocycles. The summed E-state index contributed by atoms with van der Waals surface area (Å²) in [5, 5.41) is 17.9. The number of aliphatic carboxylic acids is 2. The Labute approximate surface area is 119 Å². The van der Waals surface area contributed by atoms with Crippen molar-refractivity contribution in [2.24, 2.45) is 11.8 Å². The molecule has 0 saturated carbocycles. The Morgan fingerprint density at radius 3 is 2.57 bits per heavy atom. The van der Waals surface area contributed by atoms with Crippen molar-refractivity contribution in [3.8, 4) is 0 Å². The highest BCUT2D eigenvalue weighted by Gasteiger charge is 2.61. The van der Waals surface area contributed by atoms with E-state index < -0.39 is 48.1 Å². The molecule has 0 aromatic heterocycles. The highest BCUT2D eigenvalue weighted by atomic mass is 16.6. The smallest absolute Gasteiger partial charge is 0.326 e. The van der Waals surface area contributed by atoms with Gasteiger partial charge in [-0.15, -0.1) is 0 Å². The Morgan fingerprint density at radius 1 is 1.24 bits per heavy atom. The van der Waals surface area contributed by atoms with Crippen LogP contribution >= 0.6 is 0 Å². The zero-order valence-electron chi connectivity index (χ0n) is 10.8. The molecule has 0 aromatic carbocycles. The van der Waals surface area contributed by atoms with Gasteiger partial charge in [0.25, 0.3) is 0 Å². The summed E-state index contributed by atoms with van der Waals surface area (Å²) >= 11 is 0. The van der Waals surface area contributed by atoms with E-state index in [4.69, 9.17) is 9.84 Å². The van der Waals surface area contributed by atoms with Crippen LogP contribution in [0, 0.1) is 11.8 Å². The molecule has 8 nitrogen and oxygen atoms in total. The SMILES string of the molecule is O=C(O)CCC(C(=O)O)N1C(=O)C2C=CC3O[C@H]3C2C1=O. The number of amides is 2. The number of carboxylic acid groups (broad SMARTS) is 2. The summed E-state index contributed by atoms with van der Waals surface area (Å²) in [5.41, 5.74) is 0. The van der Waals surface area contributed by atoms with E-state index in [1.54, 1.807) is 12.2 Å². The summed E-state index contributed by atoms with van der Waals surface area (Å²) in [6.07, 6.45) is 2.01. The highest BCUT2D eigenvalue weighted by Crippen LogP contribution is 2.45. The number of likely N-dealkylation sites (tertiary alicyclic amines) is 1. The Balaban J connectivity index is 1.84. The first-order chi connectivity index (χ1) is 9.91. The largest absolute Gasteiger partial charge is 0.481 e. The molecule has 8 heteroatoms. The van der Waals surface area contributed by atoms with Crippen LogP contribution in [0.3, 0.4) is 0 Å². The minimum absolute atomic E-state index is 0.176. The van der Waals surface area contributed by atoms with Crippen LogP contribution < -0.4 is 0 Å². The number of carbonyl (C=O) groups excluding carboxylic acids is 2. The monoisotopic (exact) mass is 295 g/mol. The average molecular weight is 295 g/mol. The molecule has 0 aromatic rings. The third kappa shape index (κ3) is 2.11. The molecular weight excluding hydrogens is 282 g/mol. The molecule has 3 aliphatic rings. The van der Waals surface area contributed by atoms with Gasteiger partial charge in [-0.25, -0.2) is 4.79 Å². The topological polar surface area (TPSA) is 125 Å². The lowest BCUT2D eigenvalue weighted by molar-refractivity contribution is -0.156. The van der Waals surface area contributed by atoms with E-state index in [-0.39, 0.29) is 18.6 Å². The zero-order valence-corrected chi connectivity index (χ0v) is 10.8. The summed E-state index contributed by atoms with van der Waals surface area (Å²) < 4.78 is 5.27. The third-order valence-corrected chi connectivity index (χ3v) is 4.08. The van der Waals surface area contributed by atoms with Crippen LogP contribution in [-0.4, -0.2) is 57.1 Å². The van der Waals surface area contributed by atoms with Gasteiger partial charge >= 0.3 is 11.9 Å². The first-order valence-corrected chi connectivity index (χ1v) is 6.57. The lowest BCUT2D eigenvalue weighted by atomic mass is 9.86. The molecule has 0 bridgehead atoms. The number of epoxide rings is 1. The Kier molecular flexibility index (Phi) is 3.05. The van der Waals surface area contributed by atoms with Crippen molar-refractivity contribution in [3.05, 3.63) is 12.2 Å². The molecule has 2 saturated heterocycles. The van der Waals surface area contributed by atoms with Gasteiger partial charge in [-0.3, -0.25) is 19.3 Å². The van der Waals surface area contributed by atoms with E-state index in [2.05, 4.69) is 0 Å². The predicted octanol–water partition coefficient (Wildman–Crippen LogP) is -0.757. The summed E-state index contributed by atoms with van der Waals surface area (Å²) in [4.78, 5) is 47.3. The molecule has 3 rings (SSSR count). The Morgan fingerprint density at radius 2 is 1.95 bits per heavy atom. The predicted molar refractivity (Wildman–Crippen MR) is 64.9 cm³/mol. The molecule has 0 spiro atoms. The number of nitrogens with zero attached hydrogens (tertiary/aromatic N) is 1. The maximum Gasteiger partial charge on any atom is 0.326 e. The van der Waals surface area contributed by atoms with Crippen LogP contribution in [0.5, 0.6) is 0 Å². The van der Waals surface area contributed by atoms with Crippen molar-refractivity contribution in [2.75, 3.05) is 0 Å². The van der Waals surface area contributed by atoms with Gasteiger partial charge in [-0.1, -0.05) is 12.2 Å². The Bertz CT molecular complexity index is 569. The third-order valence-electron chi connectivity index (χ3n) is 4.08. The van der Waals surface area contributed by atoms with Crippen LogP contribution in [0.1, 0.15) is 12.8 Å². The zero-order chi connectivity index (χ0) is 15.3. The highest BCUT2D eigenvalue weighted by molar-refractivity contribution is 6.09. The van der Waals surface area contributed by atoms with Crippen LogP contribution in [-0.2, 0) is 23.9 Å². The van der Waals surface area contributed by atoms with Crippen LogP contribution in [0.4, 0.5) is 0 Å². The molecule has 0 radical (unpaired) electrons. The molecule has 2 aliphatic heterocycles. The van der Waals surface area contributed by atoms with Gasteiger partial charge in [0.1, 0.15) is 18.2 Å². The van der Waals surface area contributed by atoms with Crippen molar-refractivity contribution in [1.82, 2.24) is 4.90 Å². The summed E-state index contributed by atoms with van der Waals surface area (Å²) in [7, 11) is 0. The number of carbonyl (C=O) groups is 4. The number of ether oxygens (including phenoxy) is 1. The van der Waals surface area contributed by atoms with Gasteiger partial charge in [0.15, 0.2) is 0 Å². The molecule has 2 amide bonds. The van der Waals surface area contributed by atoms with Crippen LogP contribution in [0.2, 0.25) is 0 Å². The normalized spacial score (nSPS) is 34.4. The number of hydrogen-bond acceptors (Lipinski definition) is 5. The van der Waals surface area contributed by atoms with E-state index >= 15 is 0 Å². The van der Waals surface area contributed by atoms with Crippen molar-refractivity contribution in [1.29, 1.82) is 0 Å². The van der Waals surface area contributed by atoms with Gasteiger partial charge in [0.2, 0.25) is 11.8 Å². The molecule has 2 heterocycles. The second-order valence-electron chi connectivity index (χ2n) is 5.33. The van der Waals surface area contributed by atoms with E-state index in [1.165, 1.54) is 0 Å². The molecular formula is C13H13NO7. The van der Waals surface area contributed by atoms with Crippen molar-refractivity contribution >= 4 is 23.8 Å². The standard InChI is InChI=1S/C13H13NO7/c15-8(16)4-2-6(13(19)20)14-11(17)5-1-3-7-10(21-7)9(5)12(14)18/h1,3,5-7,9-10H,2,4H2,(H,15,16)(H,19,20)/t5?,6?,7?,9?,10-/m1/s1. The summed E-state index contributed by atoms with van der Waals surface area (Å²) in [6, 6.07) is -1.45. The van der Waals surface area contributed by atoms with E-state index in [0.717, 1.165) is 0 Å². The second kappa shape index (κ2) is 4.66. The minimum Gasteiger partial charge on any atom is -0.481 e. The molecule has 21 heavy (non-hydrogen) atoms. The van der Waals surface area contributed by atoms with Crippen LogP contribution in [0.15, 0.2) is 12.2 Å². The quantitative estimate of drug-likeness (QED) is 0.388. The number of hydrogen-bond donors (Lipinski definition) is 2. The van der Waals surface area contributed by atoms with Crippen molar-refractivity contribution in [3.63, 3.8) is 0 Å². The first-order valence-electron chi connectivity index (χ1n) is 6.57. The summed E-state index contributed by atoms with van der Waals surface area (Å²) in [5.74, 6) is -5.11. The molecule has 2 fully saturated rings. The number of imide groups is 1. The van der Waals surface area contributed by atoms with E-state index in [0.29, 0.717) is 4.90 Å². The maximum absolute atomic E-state index is 12.4. The lowest BCUT2D eigenvalue weighted by Crippen LogP contribution is -2.46. The minimum atomic E-state index is -1.45. The molecule has 4 unspecified atom stereocenters. The number of carboxylic acids is 2. The summed E-state index contributed by atoms with van der Waals surface area (Å²) in [6.45, 7) is 0. The fourth-order valence-electron chi connectivity index (χ4n) is 3.02. The van der Waals surface area contributed by atoms with Crippen molar-refractivity contribution in [2.45, 2.75) is 31.1 Å². The average Bonchev–Trinajstić information content (AvgIpc) is 3.14. The van der Waals surface area contributed by atoms with Gasteiger partial charge in [0, 0.05) is 6.42 Å². The van der Waals surface area contributed by atoms with Gasteiger partial charge in [-0.2, -0.15) is 0 Å². The van der Waals surface area contributed by atoms with Crippen LogP contribution in [0.25, 0.3) is 0 Å². The number of fused-ring (bicyclic) bond motifs is 3. The van der Waals surface area contributed by atoms with Gasteiger partial charge in [0.05, 0.1) is 11.8 Å². The van der Waals surface area contributed by atoms with E-state index in [9.17, 15) is 24.3 Å². The molecule has 5 atom stereocenters. The van der Waals surface area contributed by atoms with Gasteiger partial charge in [-0.05, 0) is 6.42 Å². The first kappa shape index (κ1) is 13.7. The molecule has 2 N–H and O–H groups in total. The van der Waals surface area contributed by atoms with Gasteiger partial charge < -0.3 is 14.9 Å². The lowest BCUT2D eigenvalue weighted by Gasteiger charge is -2.22. The second-order valence-corrected chi connectivity index (χ2v) is 5.33. The fourth-order valence-corrected chi connectivity index (χ4v) is 3.02. The number of rotatable bonds is 5. The van der Waals surface area contributed by atoms with E-state index in [1.807, 2.05) is 0 Å².